The van der Waals surface area contributed by atoms with E-state index < -0.39 is 0 Å². The molecule has 0 saturated carbocycles. The van der Waals surface area contributed by atoms with Crippen molar-refractivity contribution in [2.45, 2.75) is 26.3 Å². The number of benzene rings is 2. The molecule has 23 heavy (non-hydrogen) atoms. The number of hydrogen-bond acceptors (Lipinski definition) is 3. The highest BCUT2D eigenvalue weighted by atomic mass is 16.5. The highest BCUT2D eigenvalue weighted by molar-refractivity contribution is 5.75. The quantitative estimate of drug-likeness (QED) is 0.617. The summed E-state index contributed by atoms with van der Waals surface area (Å²) in [6, 6.07) is 16.0. The lowest BCUT2D eigenvalue weighted by molar-refractivity contribution is 0.299. The predicted molar refractivity (Wildman–Crippen MR) is 92.2 cm³/mol. The highest BCUT2D eigenvalue weighted by Crippen LogP contribution is 2.20. The normalized spacial score (nSPS) is 10.9. The second kappa shape index (κ2) is 7.18. The molecule has 0 N–H and O–H groups in total. The van der Waals surface area contributed by atoms with Gasteiger partial charge < -0.3 is 14.0 Å². The topological polar surface area (TPSA) is 36.3 Å². The SMILES string of the molecule is CCc1nc2ccccc2n1CCCOc1cccc(OC)c1. The Morgan fingerprint density at radius 3 is 2.70 bits per heavy atom. The molecule has 4 heteroatoms. The lowest BCUT2D eigenvalue weighted by atomic mass is 10.3. The van der Waals surface area contributed by atoms with Crippen LogP contribution in [0.1, 0.15) is 19.2 Å². The van der Waals surface area contributed by atoms with Crippen molar-refractivity contribution in [2.24, 2.45) is 0 Å². The molecule has 0 aliphatic heterocycles. The summed E-state index contributed by atoms with van der Waals surface area (Å²) in [5, 5.41) is 0. The Hall–Kier alpha value is -2.49. The molecule has 0 spiro atoms. The van der Waals surface area contributed by atoms with E-state index in [1.807, 2.05) is 30.3 Å². The maximum atomic E-state index is 5.82. The molecule has 4 nitrogen and oxygen atoms in total. The Labute approximate surface area is 136 Å². The van der Waals surface area contributed by atoms with Gasteiger partial charge in [0, 0.05) is 19.0 Å². The molecule has 2 aromatic carbocycles. The number of methoxy groups -OCH3 is 1. The number of hydrogen-bond donors (Lipinski definition) is 0. The van der Waals surface area contributed by atoms with Crippen molar-refractivity contribution >= 4 is 11.0 Å². The van der Waals surface area contributed by atoms with E-state index >= 15 is 0 Å². The molecule has 120 valence electrons. The van der Waals surface area contributed by atoms with E-state index in [1.54, 1.807) is 7.11 Å². The van der Waals surface area contributed by atoms with Gasteiger partial charge in [0.05, 0.1) is 24.8 Å². The third-order valence-corrected chi connectivity index (χ3v) is 3.89. The van der Waals surface area contributed by atoms with E-state index in [0.717, 1.165) is 42.2 Å². The van der Waals surface area contributed by atoms with Gasteiger partial charge in [-0.3, -0.25) is 0 Å². The molecule has 0 aliphatic rings. The number of para-hydroxylation sites is 2. The molecule has 0 saturated heterocycles. The van der Waals surface area contributed by atoms with Gasteiger partial charge in [0.2, 0.25) is 0 Å². The summed E-state index contributed by atoms with van der Waals surface area (Å²) < 4.78 is 13.3. The van der Waals surface area contributed by atoms with Crippen LogP contribution in [0.2, 0.25) is 0 Å². The standard InChI is InChI=1S/C19H22N2O2/c1-3-19-20-17-10-4-5-11-18(17)21(19)12-7-13-23-16-9-6-8-15(14-16)22-2/h4-6,8-11,14H,3,7,12-13H2,1-2H3. The Kier molecular flexibility index (Phi) is 4.81. The Bertz CT molecular complexity index is 780. The summed E-state index contributed by atoms with van der Waals surface area (Å²) in [4.78, 5) is 4.70. The summed E-state index contributed by atoms with van der Waals surface area (Å²) in [6.45, 7) is 3.72. The fourth-order valence-electron chi connectivity index (χ4n) is 2.75. The minimum atomic E-state index is 0.669. The van der Waals surface area contributed by atoms with Crippen LogP contribution in [0, 0.1) is 0 Å². The van der Waals surface area contributed by atoms with Crippen LogP contribution in [-0.4, -0.2) is 23.3 Å². The first-order chi connectivity index (χ1) is 11.3. The van der Waals surface area contributed by atoms with Crippen molar-refractivity contribution in [3.8, 4) is 11.5 Å². The van der Waals surface area contributed by atoms with E-state index in [1.165, 1.54) is 5.52 Å². The number of ether oxygens (including phenoxy) is 2. The molecule has 0 amide bonds. The van der Waals surface area contributed by atoms with Gasteiger partial charge in [0.25, 0.3) is 0 Å². The van der Waals surface area contributed by atoms with Crippen molar-refractivity contribution in [3.63, 3.8) is 0 Å². The first-order valence-corrected chi connectivity index (χ1v) is 8.03. The first-order valence-electron chi connectivity index (χ1n) is 8.03. The van der Waals surface area contributed by atoms with Gasteiger partial charge in [-0.25, -0.2) is 4.98 Å². The molecule has 0 bridgehead atoms. The minimum Gasteiger partial charge on any atom is -0.497 e. The van der Waals surface area contributed by atoms with Crippen LogP contribution in [0.15, 0.2) is 48.5 Å². The van der Waals surface area contributed by atoms with Crippen LogP contribution in [-0.2, 0) is 13.0 Å². The molecular formula is C19H22N2O2. The summed E-state index contributed by atoms with van der Waals surface area (Å²) in [5.41, 5.74) is 2.27. The molecule has 0 fully saturated rings. The van der Waals surface area contributed by atoms with E-state index in [4.69, 9.17) is 14.5 Å². The second-order valence-electron chi connectivity index (χ2n) is 5.40. The third kappa shape index (κ3) is 3.47. The maximum Gasteiger partial charge on any atom is 0.122 e. The predicted octanol–water partition coefficient (Wildman–Crippen LogP) is 4.08. The first kappa shape index (κ1) is 15.4. The van der Waals surface area contributed by atoms with Crippen molar-refractivity contribution < 1.29 is 9.47 Å². The second-order valence-corrected chi connectivity index (χ2v) is 5.40. The fraction of sp³-hybridized carbons (Fsp3) is 0.316. The van der Waals surface area contributed by atoms with E-state index in [0.29, 0.717) is 6.61 Å². The van der Waals surface area contributed by atoms with Crippen molar-refractivity contribution in [3.05, 3.63) is 54.4 Å². The van der Waals surface area contributed by atoms with Crippen LogP contribution in [0.5, 0.6) is 11.5 Å². The summed E-state index contributed by atoms with van der Waals surface area (Å²) in [5.74, 6) is 2.79. The molecule has 1 aromatic heterocycles. The van der Waals surface area contributed by atoms with Gasteiger partial charge >= 0.3 is 0 Å². The van der Waals surface area contributed by atoms with E-state index in [2.05, 4.69) is 29.7 Å². The van der Waals surface area contributed by atoms with Gasteiger partial charge in [0.15, 0.2) is 0 Å². The van der Waals surface area contributed by atoms with Gasteiger partial charge in [-0.1, -0.05) is 25.1 Å². The largest absolute Gasteiger partial charge is 0.497 e. The highest BCUT2D eigenvalue weighted by Gasteiger charge is 2.08. The smallest absolute Gasteiger partial charge is 0.122 e. The number of nitrogens with zero attached hydrogens (tertiary/aromatic N) is 2. The average molecular weight is 310 g/mol. The zero-order chi connectivity index (χ0) is 16.1. The molecule has 3 aromatic rings. The molecule has 0 radical (unpaired) electrons. The van der Waals surface area contributed by atoms with Crippen LogP contribution in [0.3, 0.4) is 0 Å². The van der Waals surface area contributed by atoms with Crippen LogP contribution in [0.4, 0.5) is 0 Å². The van der Waals surface area contributed by atoms with Gasteiger partial charge in [-0.15, -0.1) is 0 Å². The summed E-state index contributed by atoms with van der Waals surface area (Å²) in [7, 11) is 1.66. The van der Waals surface area contributed by atoms with Crippen LogP contribution >= 0.6 is 0 Å². The average Bonchev–Trinajstić information content (AvgIpc) is 2.97. The zero-order valence-corrected chi connectivity index (χ0v) is 13.7. The number of fused-ring (bicyclic) bond motifs is 1. The van der Waals surface area contributed by atoms with E-state index in [-0.39, 0.29) is 0 Å². The molecule has 0 aliphatic carbocycles. The lowest BCUT2D eigenvalue weighted by Gasteiger charge is -2.10. The van der Waals surface area contributed by atoms with Gasteiger partial charge in [0.1, 0.15) is 17.3 Å². The lowest BCUT2D eigenvalue weighted by Crippen LogP contribution is -2.07. The molecule has 0 atom stereocenters. The third-order valence-electron chi connectivity index (χ3n) is 3.89. The van der Waals surface area contributed by atoms with Gasteiger partial charge in [-0.2, -0.15) is 0 Å². The fourth-order valence-corrected chi connectivity index (χ4v) is 2.75. The van der Waals surface area contributed by atoms with Crippen LogP contribution in [0.25, 0.3) is 11.0 Å². The Morgan fingerprint density at radius 1 is 1.04 bits per heavy atom. The molecule has 3 rings (SSSR count). The van der Waals surface area contributed by atoms with Crippen LogP contribution < -0.4 is 9.47 Å². The number of imidazole rings is 1. The Morgan fingerprint density at radius 2 is 1.87 bits per heavy atom. The zero-order valence-electron chi connectivity index (χ0n) is 13.7. The molecule has 0 unspecified atom stereocenters. The van der Waals surface area contributed by atoms with Gasteiger partial charge in [-0.05, 0) is 30.7 Å². The van der Waals surface area contributed by atoms with Crippen molar-refractivity contribution in [2.75, 3.05) is 13.7 Å². The minimum absolute atomic E-state index is 0.669. The molecule has 1 heterocycles. The van der Waals surface area contributed by atoms with E-state index in [9.17, 15) is 0 Å². The Balaban J connectivity index is 1.62. The number of rotatable bonds is 7. The van der Waals surface area contributed by atoms with Crippen molar-refractivity contribution in [1.82, 2.24) is 9.55 Å². The number of aryl methyl sites for hydroxylation is 2. The summed E-state index contributed by atoms with van der Waals surface area (Å²) in [6.07, 6.45) is 1.87. The maximum absolute atomic E-state index is 5.82. The van der Waals surface area contributed by atoms with Crippen molar-refractivity contribution in [1.29, 1.82) is 0 Å². The summed E-state index contributed by atoms with van der Waals surface area (Å²) >= 11 is 0. The number of aromatic nitrogens is 2. The molecular weight excluding hydrogens is 288 g/mol. The monoisotopic (exact) mass is 310 g/mol.